The van der Waals surface area contributed by atoms with Crippen molar-refractivity contribution in [3.05, 3.63) is 0 Å². The molecule has 4 nitrogen and oxygen atoms in total. The van der Waals surface area contributed by atoms with Gasteiger partial charge in [0.25, 0.3) is 0 Å². The second kappa shape index (κ2) is 4.07. The Morgan fingerprint density at radius 3 is 2.08 bits per heavy atom. The molecule has 0 rings (SSSR count). The van der Waals surface area contributed by atoms with Gasteiger partial charge in [0.1, 0.15) is 5.54 Å². The number of nitrogens with one attached hydrogen (secondary N) is 1. The summed E-state index contributed by atoms with van der Waals surface area (Å²) < 4.78 is 0. The molecule has 0 aromatic rings. The maximum absolute atomic E-state index is 10.7. The van der Waals surface area contributed by atoms with Gasteiger partial charge in [-0.15, -0.1) is 0 Å². The maximum Gasteiger partial charge on any atom is 0.323 e. The summed E-state index contributed by atoms with van der Waals surface area (Å²) in [6.45, 7) is 7.08. The van der Waals surface area contributed by atoms with Gasteiger partial charge in [0, 0.05) is 0 Å². The summed E-state index contributed by atoms with van der Waals surface area (Å²) in [5.74, 6) is -0.886. The minimum Gasteiger partial charge on any atom is -0.480 e. The van der Waals surface area contributed by atoms with Gasteiger partial charge in [-0.1, -0.05) is 0 Å². The highest BCUT2D eigenvalue weighted by atomic mass is 16.4. The number of aliphatic hydroxyl groups is 1. The Hall–Kier alpha value is -0.610. The number of hydrogen-bond donors (Lipinski definition) is 3. The topological polar surface area (TPSA) is 69.6 Å². The van der Waals surface area contributed by atoms with E-state index in [1.54, 1.807) is 27.7 Å². The maximum atomic E-state index is 10.7. The van der Waals surface area contributed by atoms with E-state index in [1.165, 1.54) is 0 Å². The minimum atomic E-state index is -0.925. The van der Waals surface area contributed by atoms with Gasteiger partial charge >= 0.3 is 5.97 Å². The molecule has 0 saturated carbocycles. The van der Waals surface area contributed by atoms with Gasteiger partial charge < -0.3 is 15.5 Å². The molecular weight excluding hydrogens is 170 g/mol. The number of rotatable bonds is 5. The van der Waals surface area contributed by atoms with Crippen LogP contribution in [0.25, 0.3) is 0 Å². The van der Waals surface area contributed by atoms with Crippen molar-refractivity contribution in [2.75, 3.05) is 6.54 Å². The van der Waals surface area contributed by atoms with Crippen LogP contribution in [0.2, 0.25) is 0 Å². The van der Waals surface area contributed by atoms with Crippen LogP contribution in [0.4, 0.5) is 0 Å². The first-order valence-electron chi connectivity index (χ1n) is 4.36. The summed E-state index contributed by atoms with van der Waals surface area (Å²) in [5, 5.41) is 21.0. The summed E-state index contributed by atoms with van der Waals surface area (Å²) in [7, 11) is 0. The molecule has 0 heterocycles. The van der Waals surface area contributed by atoms with Gasteiger partial charge in [0.05, 0.1) is 5.60 Å². The van der Waals surface area contributed by atoms with Crippen molar-refractivity contribution in [2.45, 2.75) is 45.3 Å². The number of carbonyl (C=O) groups is 1. The fraction of sp³-hybridized carbons (Fsp3) is 0.889. The second-order valence-corrected chi connectivity index (χ2v) is 4.42. The largest absolute Gasteiger partial charge is 0.480 e. The van der Waals surface area contributed by atoms with Gasteiger partial charge in [-0.2, -0.15) is 0 Å². The van der Waals surface area contributed by atoms with Crippen LogP contribution in [-0.4, -0.2) is 33.9 Å². The Balaban J connectivity index is 3.84. The molecule has 0 aliphatic rings. The molecule has 0 radical (unpaired) electrons. The van der Waals surface area contributed by atoms with E-state index in [-0.39, 0.29) is 0 Å². The Morgan fingerprint density at radius 2 is 1.77 bits per heavy atom. The molecule has 0 bridgehead atoms. The van der Waals surface area contributed by atoms with E-state index in [9.17, 15) is 9.90 Å². The molecule has 4 heteroatoms. The Kier molecular flexibility index (Phi) is 3.88. The molecule has 13 heavy (non-hydrogen) atoms. The Morgan fingerprint density at radius 1 is 1.31 bits per heavy atom. The molecule has 0 spiro atoms. The van der Waals surface area contributed by atoms with Crippen LogP contribution in [-0.2, 0) is 4.79 Å². The molecule has 0 unspecified atom stereocenters. The van der Waals surface area contributed by atoms with E-state index in [2.05, 4.69) is 5.32 Å². The zero-order valence-corrected chi connectivity index (χ0v) is 8.72. The van der Waals surface area contributed by atoms with Crippen molar-refractivity contribution in [3.8, 4) is 0 Å². The second-order valence-electron chi connectivity index (χ2n) is 4.42. The van der Waals surface area contributed by atoms with Crippen LogP contribution in [0.1, 0.15) is 34.1 Å². The molecule has 78 valence electrons. The molecular formula is C9H19NO3. The third-order valence-electron chi connectivity index (χ3n) is 1.84. The summed E-state index contributed by atoms with van der Waals surface area (Å²) in [5.41, 5.74) is -1.67. The Labute approximate surface area is 79.0 Å². The van der Waals surface area contributed by atoms with Crippen LogP contribution < -0.4 is 5.32 Å². The SMILES string of the molecule is CC(C)(O)CCNC(C)(C)C(=O)O. The molecule has 0 aromatic heterocycles. The molecule has 0 saturated heterocycles. The third-order valence-corrected chi connectivity index (χ3v) is 1.84. The average molecular weight is 189 g/mol. The normalized spacial score (nSPS) is 13.0. The standard InChI is InChI=1S/C9H19NO3/c1-8(2,13)5-6-10-9(3,4)7(11)12/h10,13H,5-6H2,1-4H3,(H,11,12). The smallest absolute Gasteiger partial charge is 0.323 e. The number of aliphatic carboxylic acids is 1. The Bertz CT molecular complexity index is 182. The van der Waals surface area contributed by atoms with Crippen molar-refractivity contribution in [1.29, 1.82) is 0 Å². The molecule has 0 fully saturated rings. The molecule has 3 N–H and O–H groups in total. The van der Waals surface area contributed by atoms with Gasteiger partial charge in [0.15, 0.2) is 0 Å². The highest BCUT2D eigenvalue weighted by Crippen LogP contribution is 2.08. The molecule has 0 amide bonds. The fourth-order valence-corrected chi connectivity index (χ4v) is 0.757. The lowest BCUT2D eigenvalue weighted by molar-refractivity contribution is -0.143. The zero-order chi connectivity index (χ0) is 10.7. The van der Waals surface area contributed by atoms with Crippen molar-refractivity contribution < 1.29 is 15.0 Å². The quantitative estimate of drug-likeness (QED) is 0.592. The van der Waals surface area contributed by atoms with E-state index in [4.69, 9.17) is 5.11 Å². The fourth-order valence-electron chi connectivity index (χ4n) is 0.757. The minimum absolute atomic E-state index is 0.489. The monoisotopic (exact) mass is 189 g/mol. The first-order chi connectivity index (χ1) is 5.65. The highest BCUT2D eigenvalue weighted by Gasteiger charge is 2.26. The molecule has 0 aliphatic heterocycles. The first kappa shape index (κ1) is 12.4. The van der Waals surface area contributed by atoms with E-state index >= 15 is 0 Å². The van der Waals surface area contributed by atoms with Crippen LogP contribution >= 0.6 is 0 Å². The molecule has 0 atom stereocenters. The van der Waals surface area contributed by atoms with Crippen molar-refractivity contribution in [3.63, 3.8) is 0 Å². The molecule has 0 aromatic carbocycles. The summed E-state index contributed by atoms with van der Waals surface area (Å²) >= 11 is 0. The van der Waals surface area contributed by atoms with Crippen molar-refractivity contribution >= 4 is 5.97 Å². The van der Waals surface area contributed by atoms with Crippen LogP contribution in [0, 0.1) is 0 Å². The van der Waals surface area contributed by atoms with E-state index in [0.29, 0.717) is 13.0 Å². The summed E-state index contributed by atoms with van der Waals surface area (Å²) in [6, 6.07) is 0. The van der Waals surface area contributed by atoms with E-state index < -0.39 is 17.1 Å². The summed E-state index contributed by atoms with van der Waals surface area (Å²) in [6.07, 6.45) is 0.531. The lowest BCUT2D eigenvalue weighted by atomic mass is 10.0. The zero-order valence-electron chi connectivity index (χ0n) is 8.72. The third kappa shape index (κ3) is 5.60. The predicted molar refractivity (Wildman–Crippen MR) is 50.6 cm³/mol. The van der Waals surface area contributed by atoms with Crippen molar-refractivity contribution in [1.82, 2.24) is 5.32 Å². The van der Waals surface area contributed by atoms with E-state index in [0.717, 1.165) is 0 Å². The summed E-state index contributed by atoms with van der Waals surface area (Å²) in [4.78, 5) is 10.7. The van der Waals surface area contributed by atoms with Gasteiger partial charge in [-0.25, -0.2) is 0 Å². The van der Waals surface area contributed by atoms with E-state index in [1.807, 2.05) is 0 Å². The number of carboxylic acid groups (broad SMARTS) is 1. The molecule has 0 aliphatic carbocycles. The van der Waals surface area contributed by atoms with Crippen LogP contribution in [0.15, 0.2) is 0 Å². The highest BCUT2D eigenvalue weighted by molar-refractivity contribution is 5.77. The van der Waals surface area contributed by atoms with Crippen molar-refractivity contribution in [2.24, 2.45) is 0 Å². The van der Waals surface area contributed by atoms with Crippen LogP contribution in [0.5, 0.6) is 0 Å². The van der Waals surface area contributed by atoms with Crippen LogP contribution in [0.3, 0.4) is 0 Å². The average Bonchev–Trinajstić information content (AvgIpc) is 1.82. The lowest BCUT2D eigenvalue weighted by Crippen LogP contribution is -2.48. The lowest BCUT2D eigenvalue weighted by Gasteiger charge is -2.24. The number of hydrogen-bond acceptors (Lipinski definition) is 3. The predicted octanol–water partition coefficient (Wildman–Crippen LogP) is 0.600. The van der Waals surface area contributed by atoms with Gasteiger partial charge in [-0.05, 0) is 40.7 Å². The van der Waals surface area contributed by atoms with Gasteiger partial charge in [0.2, 0.25) is 0 Å². The van der Waals surface area contributed by atoms with Gasteiger partial charge in [-0.3, -0.25) is 4.79 Å². The first-order valence-corrected chi connectivity index (χ1v) is 4.36. The number of carboxylic acids is 1.